The molecular weight excluding hydrogens is 276 g/mol. The number of nitro groups is 1. The lowest BCUT2D eigenvalue weighted by atomic mass is 9.77. The predicted octanol–water partition coefficient (Wildman–Crippen LogP) is 3.83. The molecule has 3 rings (SSSR count). The van der Waals surface area contributed by atoms with Crippen LogP contribution in [0.15, 0.2) is 42.1 Å². The maximum Gasteiger partial charge on any atom is 0.211 e. The van der Waals surface area contributed by atoms with Crippen molar-refractivity contribution in [1.29, 1.82) is 0 Å². The van der Waals surface area contributed by atoms with E-state index >= 15 is 0 Å². The molecular formula is C18H24N2O2. The zero-order valence-electron chi connectivity index (χ0n) is 13.0. The van der Waals surface area contributed by atoms with Crippen LogP contribution < -0.4 is 0 Å². The smallest absolute Gasteiger partial charge is 0.211 e. The fraction of sp³-hybridized carbons (Fsp3) is 0.556. The Bertz CT molecular complexity index is 535. The maximum absolute atomic E-state index is 11.2. The molecule has 0 spiro atoms. The van der Waals surface area contributed by atoms with E-state index in [0.29, 0.717) is 5.92 Å². The molecule has 1 aliphatic heterocycles. The van der Waals surface area contributed by atoms with Gasteiger partial charge >= 0.3 is 0 Å². The van der Waals surface area contributed by atoms with Crippen molar-refractivity contribution in [3.63, 3.8) is 0 Å². The molecule has 2 aliphatic rings. The van der Waals surface area contributed by atoms with Gasteiger partial charge in [-0.05, 0) is 37.7 Å². The molecule has 0 N–H and O–H groups in total. The first-order chi connectivity index (χ1) is 10.8. The van der Waals surface area contributed by atoms with Crippen LogP contribution in [0.2, 0.25) is 0 Å². The van der Waals surface area contributed by atoms with Gasteiger partial charge in [-0.15, -0.1) is 0 Å². The Hall–Kier alpha value is -1.84. The Balaban J connectivity index is 1.89. The van der Waals surface area contributed by atoms with E-state index in [1.807, 2.05) is 30.3 Å². The van der Waals surface area contributed by atoms with Gasteiger partial charge in [-0.3, -0.25) is 10.1 Å². The number of allylic oxidation sites excluding steroid dienone is 2. The van der Waals surface area contributed by atoms with Crippen molar-refractivity contribution in [2.45, 2.75) is 38.0 Å². The van der Waals surface area contributed by atoms with Crippen LogP contribution in [0.3, 0.4) is 0 Å². The van der Waals surface area contributed by atoms with Crippen LogP contribution in [0, 0.1) is 16.0 Å². The highest BCUT2D eigenvalue weighted by atomic mass is 16.6. The van der Waals surface area contributed by atoms with Crippen LogP contribution in [0.1, 0.15) is 43.6 Å². The number of rotatable bonds is 5. The first-order valence-corrected chi connectivity index (χ1v) is 8.37. The molecule has 118 valence electrons. The third kappa shape index (κ3) is 3.32. The molecule has 0 unspecified atom stereocenters. The minimum absolute atomic E-state index is 0.0108. The summed E-state index contributed by atoms with van der Waals surface area (Å²) in [5, 5.41) is 11.2. The van der Waals surface area contributed by atoms with Crippen LogP contribution >= 0.6 is 0 Å². The van der Waals surface area contributed by atoms with Crippen molar-refractivity contribution in [2.24, 2.45) is 5.92 Å². The average molecular weight is 300 g/mol. The molecule has 1 saturated heterocycles. The van der Waals surface area contributed by atoms with Gasteiger partial charge in [0, 0.05) is 29.6 Å². The van der Waals surface area contributed by atoms with Gasteiger partial charge in [0.25, 0.3) is 0 Å². The molecule has 2 atom stereocenters. The van der Waals surface area contributed by atoms with Gasteiger partial charge < -0.3 is 4.90 Å². The molecule has 1 fully saturated rings. The van der Waals surface area contributed by atoms with Crippen LogP contribution in [-0.4, -0.2) is 29.5 Å². The van der Waals surface area contributed by atoms with Crippen molar-refractivity contribution in [3.8, 4) is 0 Å². The third-order valence-electron chi connectivity index (χ3n) is 4.98. The highest BCUT2D eigenvalue weighted by Crippen LogP contribution is 2.39. The second kappa shape index (κ2) is 6.95. The van der Waals surface area contributed by atoms with Gasteiger partial charge in [-0.1, -0.05) is 36.4 Å². The van der Waals surface area contributed by atoms with Gasteiger partial charge in [0.15, 0.2) is 0 Å². The predicted molar refractivity (Wildman–Crippen MR) is 87.3 cm³/mol. The Morgan fingerprint density at radius 3 is 2.59 bits per heavy atom. The van der Waals surface area contributed by atoms with Crippen molar-refractivity contribution < 1.29 is 4.92 Å². The molecule has 1 heterocycles. The first-order valence-electron chi connectivity index (χ1n) is 8.37. The molecule has 1 aliphatic carbocycles. The van der Waals surface area contributed by atoms with Crippen molar-refractivity contribution in [1.82, 2.24) is 4.90 Å². The molecule has 0 bridgehead atoms. The molecule has 1 aromatic carbocycles. The summed E-state index contributed by atoms with van der Waals surface area (Å²) in [6.45, 7) is 2.25. The van der Waals surface area contributed by atoms with E-state index in [4.69, 9.17) is 0 Å². The molecule has 0 amide bonds. The number of hydrogen-bond acceptors (Lipinski definition) is 3. The van der Waals surface area contributed by atoms with E-state index < -0.39 is 0 Å². The zero-order valence-corrected chi connectivity index (χ0v) is 13.0. The van der Waals surface area contributed by atoms with Crippen LogP contribution in [-0.2, 0) is 0 Å². The highest BCUT2D eigenvalue weighted by molar-refractivity contribution is 5.25. The summed E-state index contributed by atoms with van der Waals surface area (Å²) in [6, 6.07) is 10.0. The number of benzene rings is 1. The van der Waals surface area contributed by atoms with Gasteiger partial charge in [-0.2, -0.15) is 0 Å². The van der Waals surface area contributed by atoms with E-state index in [2.05, 4.69) is 11.0 Å². The molecule has 22 heavy (non-hydrogen) atoms. The standard InChI is InChI=1S/C18H24N2O2/c21-20(22)14-17(15-8-2-1-3-9-15)16-10-4-5-11-18(16)19-12-6-7-13-19/h1-3,8-9,11,16-17H,4-7,10,12-14H2/t16-,17-/m1/s1. The van der Waals surface area contributed by atoms with E-state index in [-0.39, 0.29) is 17.4 Å². The van der Waals surface area contributed by atoms with E-state index in [0.717, 1.165) is 37.9 Å². The summed E-state index contributed by atoms with van der Waals surface area (Å²) in [5.41, 5.74) is 2.48. The third-order valence-corrected chi connectivity index (χ3v) is 4.98. The Morgan fingerprint density at radius 1 is 1.18 bits per heavy atom. The maximum atomic E-state index is 11.2. The lowest BCUT2D eigenvalue weighted by Gasteiger charge is -2.35. The molecule has 4 heteroatoms. The minimum atomic E-state index is -0.145. The Kier molecular flexibility index (Phi) is 4.76. The molecule has 0 saturated carbocycles. The Labute approximate surface area is 132 Å². The van der Waals surface area contributed by atoms with Gasteiger partial charge in [0.2, 0.25) is 6.54 Å². The molecule has 0 aromatic heterocycles. The quantitative estimate of drug-likeness (QED) is 0.613. The summed E-state index contributed by atoms with van der Waals surface area (Å²) >= 11 is 0. The normalized spacial score (nSPS) is 23.2. The first kappa shape index (κ1) is 15.1. The average Bonchev–Trinajstić information content (AvgIpc) is 3.08. The fourth-order valence-corrected chi connectivity index (χ4v) is 3.96. The second-order valence-corrected chi connectivity index (χ2v) is 6.39. The lowest BCUT2D eigenvalue weighted by molar-refractivity contribution is -0.484. The fourth-order valence-electron chi connectivity index (χ4n) is 3.96. The zero-order chi connectivity index (χ0) is 15.4. The monoisotopic (exact) mass is 300 g/mol. The van der Waals surface area contributed by atoms with Crippen LogP contribution in [0.25, 0.3) is 0 Å². The summed E-state index contributed by atoms with van der Waals surface area (Å²) in [5.74, 6) is 0.281. The number of hydrogen-bond donors (Lipinski definition) is 0. The van der Waals surface area contributed by atoms with Gasteiger partial charge in [0.1, 0.15) is 0 Å². The topological polar surface area (TPSA) is 46.4 Å². The summed E-state index contributed by atoms with van der Waals surface area (Å²) in [7, 11) is 0. The van der Waals surface area contributed by atoms with Crippen molar-refractivity contribution in [3.05, 3.63) is 57.8 Å². The number of nitrogens with zero attached hydrogens (tertiary/aromatic N) is 2. The second-order valence-electron chi connectivity index (χ2n) is 6.39. The Morgan fingerprint density at radius 2 is 1.91 bits per heavy atom. The number of likely N-dealkylation sites (tertiary alicyclic amines) is 1. The van der Waals surface area contributed by atoms with Crippen molar-refractivity contribution >= 4 is 0 Å². The largest absolute Gasteiger partial charge is 0.375 e. The lowest BCUT2D eigenvalue weighted by Crippen LogP contribution is -2.32. The van der Waals surface area contributed by atoms with Crippen LogP contribution in [0.4, 0.5) is 0 Å². The minimum Gasteiger partial charge on any atom is -0.375 e. The molecule has 0 radical (unpaired) electrons. The molecule has 4 nitrogen and oxygen atoms in total. The molecule has 1 aromatic rings. The van der Waals surface area contributed by atoms with Crippen LogP contribution in [0.5, 0.6) is 0 Å². The highest BCUT2D eigenvalue weighted by Gasteiger charge is 2.34. The summed E-state index contributed by atoms with van der Waals surface area (Å²) in [4.78, 5) is 13.6. The van der Waals surface area contributed by atoms with Gasteiger partial charge in [0.05, 0.1) is 5.92 Å². The SMILES string of the molecule is O=[N+]([O-])C[C@H](c1ccccc1)[C@H]1CCCC=C1N1CCCC1. The van der Waals surface area contributed by atoms with Crippen molar-refractivity contribution in [2.75, 3.05) is 19.6 Å². The van der Waals surface area contributed by atoms with E-state index in [1.54, 1.807) is 0 Å². The summed E-state index contributed by atoms with van der Waals surface area (Å²) in [6.07, 6.45) is 8.15. The van der Waals surface area contributed by atoms with E-state index in [9.17, 15) is 10.1 Å². The van der Waals surface area contributed by atoms with E-state index in [1.165, 1.54) is 18.5 Å². The van der Waals surface area contributed by atoms with Gasteiger partial charge in [-0.25, -0.2) is 0 Å². The summed E-state index contributed by atoms with van der Waals surface area (Å²) < 4.78 is 0.